The second-order valence-corrected chi connectivity index (χ2v) is 4.51. The molecule has 1 aromatic heterocycles. The molecular formula is C14H12ClN3O. The van der Waals surface area contributed by atoms with Gasteiger partial charge in [-0.3, -0.25) is 4.98 Å². The summed E-state index contributed by atoms with van der Waals surface area (Å²) in [6.45, 7) is 2.17. The first-order valence-corrected chi connectivity index (χ1v) is 6.07. The van der Waals surface area contributed by atoms with E-state index in [1.807, 2.05) is 6.92 Å². The van der Waals surface area contributed by atoms with E-state index in [0.29, 0.717) is 28.5 Å². The molecule has 2 N–H and O–H groups in total. The Morgan fingerprint density at radius 1 is 1.37 bits per heavy atom. The smallest absolute Gasteiger partial charge is 0.138 e. The first-order valence-electron chi connectivity index (χ1n) is 5.69. The third kappa shape index (κ3) is 3.15. The highest BCUT2D eigenvalue weighted by Gasteiger charge is 2.06. The second kappa shape index (κ2) is 5.59. The lowest BCUT2D eigenvalue weighted by Crippen LogP contribution is -2.04. The van der Waals surface area contributed by atoms with Gasteiger partial charge >= 0.3 is 0 Å². The van der Waals surface area contributed by atoms with Crippen LogP contribution in [0.1, 0.15) is 17.0 Å². The highest BCUT2D eigenvalue weighted by molar-refractivity contribution is 6.30. The molecule has 0 bridgehead atoms. The van der Waals surface area contributed by atoms with Crippen LogP contribution < -0.4 is 5.32 Å². The van der Waals surface area contributed by atoms with Crippen molar-refractivity contribution >= 4 is 17.3 Å². The zero-order valence-corrected chi connectivity index (χ0v) is 11.1. The fraction of sp³-hybridized carbons (Fsp3) is 0.143. The fourth-order valence-corrected chi connectivity index (χ4v) is 1.84. The summed E-state index contributed by atoms with van der Waals surface area (Å²) in [5, 5.41) is 22.3. The molecule has 0 aliphatic carbocycles. The van der Waals surface area contributed by atoms with Crippen molar-refractivity contribution in [3.8, 4) is 11.8 Å². The van der Waals surface area contributed by atoms with Gasteiger partial charge in [0.05, 0.1) is 17.8 Å². The van der Waals surface area contributed by atoms with E-state index in [0.717, 1.165) is 5.69 Å². The SMILES string of the molecule is Cc1ccc(O)c(CNc2cc(Cl)ccc2C#N)n1. The maximum absolute atomic E-state index is 9.70. The Morgan fingerprint density at radius 2 is 2.16 bits per heavy atom. The monoisotopic (exact) mass is 273 g/mol. The molecule has 0 atom stereocenters. The van der Waals surface area contributed by atoms with E-state index in [4.69, 9.17) is 16.9 Å². The first kappa shape index (κ1) is 13.2. The number of hydrogen-bond acceptors (Lipinski definition) is 4. The Morgan fingerprint density at radius 3 is 2.89 bits per heavy atom. The molecule has 0 unspecified atom stereocenters. The minimum Gasteiger partial charge on any atom is -0.506 e. The number of nitriles is 1. The van der Waals surface area contributed by atoms with E-state index in [2.05, 4.69) is 16.4 Å². The standard InChI is InChI=1S/C14H12ClN3O/c1-9-2-5-14(19)13(18-9)8-17-12-6-11(15)4-3-10(12)7-16/h2-6,17,19H,8H2,1H3. The molecule has 2 rings (SSSR count). The van der Waals surface area contributed by atoms with Crippen molar-refractivity contribution in [2.24, 2.45) is 0 Å². The molecule has 0 saturated carbocycles. The van der Waals surface area contributed by atoms with Gasteiger partial charge in [-0.1, -0.05) is 11.6 Å². The van der Waals surface area contributed by atoms with Crippen LogP contribution in [0.15, 0.2) is 30.3 Å². The lowest BCUT2D eigenvalue weighted by atomic mass is 10.2. The van der Waals surface area contributed by atoms with Crippen molar-refractivity contribution in [3.05, 3.63) is 52.3 Å². The molecule has 0 aliphatic rings. The quantitative estimate of drug-likeness (QED) is 0.901. The van der Waals surface area contributed by atoms with Gasteiger partial charge in [0.25, 0.3) is 0 Å². The predicted octanol–water partition coefficient (Wildman–Crippen LogP) is 3.23. The molecule has 2 aromatic rings. The number of anilines is 1. The minimum atomic E-state index is 0.124. The molecule has 1 aromatic carbocycles. The average Bonchev–Trinajstić information content (AvgIpc) is 2.40. The summed E-state index contributed by atoms with van der Waals surface area (Å²) in [7, 11) is 0. The van der Waals surface area contributed by atoms with Gasteiger partial charge in [-0.15, -0.1) is 0 Å². The van der Waals surface area contributed by atoms with Gasteiger partial charge in [-0.2, -0.15) is 5.26 Å². The zero-order chi connectivity index (χ0) is 13.8. The largest absolute Gasteiger partial charge is 0.506 e. The van der Waals surface area contributed by atoms with Crippen molar-refractivity contribution in [1.29, 1.82) is 5.26 Å². The molecule has 4 nitrogen and oxygen atoms in total. The maximum atomic E-state index is 9.70. The molecule has 0 aliphatic heterocycles. The van der Waals surface area contributed by atoms with Crippen LogP contribution in [0.5, 0.6) is 5.75 Å². The molecular weight excluding hydrogens is 262 g/mol. The van der Waals surface area contributed by atoms with Crippen LogP contribution in [0.4, 0.5) is 5.69 Å². The van der Waals surface area contributed by atoms with Crippen LogP contribution in [0.3, 0.4) is 0 Å². The van der Waals surface area contributed by atoms with Crippen LogP contribution in [0.2, 0.25) is 5.02 Å². The first-order chi connectivity index (χ1) is 9.10. The van der Waals surface area contributed by atoms with E-state index in [9.17, 15) is 5.11 Å². The van der Waals surface area contributed by atoms with E-state index in [-0.39, 0.29) is 5.75 Å². The Kier molecular flexibility index (Phi) is 3.88. The zero-order valence-electron chi connectivity index (χ0n) is 10.3. The number of nitrogens with one attached hydrogen (secondary N) is 1. The van der Waals surface area contributed by atoms with Crippen LogP contribution in [-0.4, -0.2) is 10.1 Å². The number of pyridine rings is 1. The third-order valence-corrected chi connectivity index (χ3v) is 2.87. The molecule has 0 amide bonds. The van der Waals surface area contributed by atoms with E-state index < -0.39 is 0 Å². The van der Waals surface area contributed by atoms with E-state index in [1.165, 1.54) is 0 Å². The number of nitrogens with zero attached hydrogens (tertiary/aromatic N) is 2. The Hall–Kier alpha value is -2.25. The van der Waals surface area contributed by atoms with Crippen molar-refractivity contribution < 1.29 is 5.11 Å². The van der Waals surface area contributed by atoms with Gasteiger partial charge in [0.2, 0.25) is 0 Å². The second-order valence-electron chi connectivity index (χ2n) is 4.07. The number of aromatic hydroxyl groups is 1. The molecule has 1 heterocycles. The predicted molar refractivity (Wildman–Crippen MR) is 74.1 cm³/mol. The molecule has 0 saturated heterocycles. The summed E-state index contributed by atoms with van der Waals surface area (Å²) >= 11 is 5.90. The van der Waals surface area contributed by atoms with Crippen LogP contribution in [0.25, 0.3) is 0 Å². The van der Waals surface area contributed by atoms with Crippen molar-refractivity contribution in [2.75, 3.05) is 5.32 Å². The number of benzene rings is 1. The third-order valence-electron chi connectivity index (χ3n) is 2.64. The highest BCUT2D eigenvalue weighted by atomic mass is 35.5. The van der Waals surface area contributed by atoms with Gasteiger partial charge in [0.1, 0.15) is 17.5 Å². The van der Waals surface area contributed by atoms with Crippen LogP contribution in [0, 0.1) is 18.3 Å². The number of aromatic nitrogens is 1. The average molecular weight is 274 g/mol. The lowest BCUT2D eigenvalue weighted by molar-refractivity contribution is 0.464. The summed E-state index contributed by atoms with van der Waals surface area (Å²) in [5.74, 6) is 0.124. The summed E-state index contributed by atoms with van der Waals surface area (Å²) in [6.07, 6.45) is 0. The molecule has 0 radical (unpaired) electrons. The summed E-state index contributed by atoms with van der Waals surface area (Å²) in [5.41, 5.74) is 2.47. The topological polar surface area (TPSA) is 68.9 Å². The van der Waals surface area contributed by atoms with E-state index in [1.54, 1.807) is 30.3 Å². The molecule has 19 heavy (non-hydrogen) atoms. The number of aryl methyl sites for hydroxylation is 1. The molecule has 5 heteroatoms. The molecule has 0 spiro atoms. The van der Waals surface area contributed by atoms with E-state index >= 15 is 0 Å². The van der Waals surface area contributed by atoms with Gasteiger partial charge < -0.3 is 10.4 Å². The van der Waals surface area contributed by atoms with Crippen molar-refractivity contribution in [2.45, 2.75) is 13.5 Å². The number of rotatable bonds is 3. The summed E-state index contributed by atoms with van der Waals surface area (Å²) in [4.78, 5) is 4.24. The summed E-state index contributed by atoms with van der Waals surface area (Å²) in [6, 6.07) is 10.4. The minimum absolute atomic E-state index is 0.124. The summed E-state index contributed by atoms with van der Waals surface area (Å²) < 4.78 is 0. The normalized spacial score (nSPS) is 9.95. The van der Waals surface area contributed by atoms with Crippen molar-refractivity contribution in [1.82, 2.24) is 4.98 Å². The van der Waals surface area contributed by atoms with Crippen LogP contribution in [-0.2, 0) is 6.54 Å². The molecule has 96 valence electrons. The Labute approximate surface area is 116 Å². The Bertz CT molecular complexity index is 650. The molecule has 0 fully saturated rings. The van der Waals surface area contributed by atoms with Gasteiger partial charge in [0.15, 0.2) is 0 Å². The van der Waals surface area contributed by atoms with Gasteiger partial charge in [-0.25, -0.2) is 0 Å². The number of hydrogen-bond donors (Lipinski definition) is 2. The maximum Gasteiger partial charge on any atom is 0.138 e. The van der Waals surface area contributed by atoms with Crippen LogP contribution >= 0.6 is 11.6 Å². The Balaban J connectivity index is 2.21. The van der Waals surface area contributed by atoms with Crippen molar-refractivity contribution in [3.63, 3.8) is 0 Å². The number of halogens is 1. The highest BCUT2D eigenvalue weighted by Crippen LogP contribution is 2.22. The van der Waals surface area contributed by atoms with Gasteiger partial charge in [0, 0.05) is 10.7 Å². The van der Waals surface area contributed by atoms with Gasteiger partial charge in [-0.05, 0) is 37.3 Å². The lowest BCUT2D eigenvalue weighted by Gasteiger charge is -2.10. The fourth-order valence-electron chi connectivity index (χ4n) is 1.67.